The van der Waals surface area contributed by atoms with Crippen molar-refractivity contribution in [1.82, 2.24) is 5.32 Å². The molecular weight excluding hydrogens is 386 g/mol. The molecule has 2 aliphatic rings. The van der Waals surface area contributed by atoms with Crippen molar-refractivity contribution in [3.63, 3.8) is 0 Å². The number of carbonyl (C=O) groups excluding carboxylic acids is 1. The summed E-state index contributed by atoms with van der Waals surface area (Å²) in [5.41, 5.74) is 1.84. The fourth-order valence-electron chi connectivity index (χ4n) is 3.75. The highest BCUT2D eigenvalue weighted by molar-refractivity contribution is 7.80. The molecule has 2 aromatic carbocycles. The summed E-state index contributed by atoms with van der Waals surface area (Å²) in [6.45, 7) is 7.65. The van der Waals surface area contributed by atoms with Crippen LogP contribution in [-0.4, -0.2) is 43.9 Å². The quantitative estimate of drug-likeness (QED) is 0.764. The topological polar surface area (TPSA) is 54.0 Å². The number of rotatable bonds is 5. The number of amides is 1. The first-order valence-electron chi connectivity index (χ1n) is 9.86. The van der Waals surface area contributed by atoms with Gasteiger partial charge in [-0.2, -0.15) is 0 Å². The Morgan fingerprint density at radius 3 is 2.31 bits per heavy atom. The molecule has 0 aliphatic carbocycles. The molecule has 2 aliphatic heterocycles. The Morgan fingerprint density at radius 1 is 1.07 bits per heavy atom. The van der Waals surface area contributed by atoms with Crippen molar-refractivity contribution in [3.8, 4) is 5.75 Å². The van der Waals surface area contributed by atoms with Crippen LogP contribution in [0.3, 0.4) is 0 Å². The van der Waals surface area contributed by atoms with Crippen LogP contribution in [0.15, 0.2) is 48.5 Å². The van der Waals surface area contributed by atoms with Gasteiger partial charge in [0.25, 0.3) is 5.91 Å². The Hall–Kier alpha value is -2.64. The van der Waals surface area contributed by atoms with Crippen molar-refractivity contribution in [2.24, 2.45) is 0 Å². The van der Waals surface area contributed by atoms with Crippen LogP contribution in [0.2, 0.25) is 0 Å². The van der Waals surface area contributed by atoms with Crippen LogP contribution in [0.1, 0.15) is 19.4 Å². The van der Waals surface area contributed by atoms with Crippen LogP contribution in [0.5, 0.6) is 5.75 Å². The summed E-state index contributed by atoms with van der Waals surface area (Å²) in [5, 5.41) is 3.63. The Morgan fingerprint density at radius 2 is 1.69 bits per heavy atom. The lowest BCUT2D eigenvalue weighted by Gasteiger charge is -2.29. The number of morpholine rings is 1. The Labute approximate surface area is 176 Å². The molecule has 0 spiro atoms. The smallest absolute Gasteiger partial charge is 0.263 e. The van der Waals surface area contributed by atoms with E-state index in [1.807, 2.05) is 50.2 Å². The van der Waals surface area contributed by atoms with E-state index in [0.717, 1.165) is 49.0 Å². The third-order valence-electron chi connectivity index (χ3n) is 5.42. The second-order valence-electron chi connectivity index (χ2n) is 7.27. The SMILES string of the molecule is CCOc1ccc(N2C(=O)C(C)(c3ccc(N4CCOCC4)cc3)NC2=S)cc1. The standard InChI is InChI=1S/C22H25N3O3S/c1-3-28-19-10-8-18(9-11-19)25-20(26)22(2,23-21(25)29)16-4-6-17(7-5-16)24-12-14-27-15-13-24/h4-11H,3,12-15H2,1-2H3,(H,23,29). The van der Waals surface area contributed by atoms with Crippen LogP contribution in [0, 0.1) is 0 Å². The number of carbonyl (C=O) groups is 1. The minimum atomic E-state index is -0.904. The maximum absolute atomic E-state index is 13.4. The summed E-state index contributed by atoms with van der Waals surface area (Å²) in [5.74, 6) is 0.675. The molecule has 0 bridgehead atoms. The normalized spacial score (nSPS) is 22.0. The summed E-state index contributed by atoms with van der Waals surface area (Å²) in [4.78, 5) is 17.2. The molecule has 0 radical (unpaired) electrons. The summed E-state index contributed by atoms with van der Waals surface area (Å²) in [6, 6.07) is 15.5. The zero-order valence-corrected chi connectivity index (χ0v) is 17.5. The summed E-state index contributed by atoms with van der Waals surface area (Å²) >= 11 is 5.50. The van der Waals surface area contributed by atoms with Crippen LogP contribution in [0.4, 0.5) is 11.4 Å². The highest BCUT2D eigenvalue weighted by Gasteiger charge is 2.47. The molecule has 4 rings (SSSR count). The van der Waals surface area contributed by atoms with Gasteiger partial charge in [-0.3, -0.25) is 9.69 Å². The predicted molar refractivity (Wildman–Crippen MR) is 118 cm³/mol. The van der Waals surface area contributed by atoms with E-state index in [-0.39, 0.29) is 5.91 Å². The highest BCUT2D eigenvalue weighted by Crippen LogP contribution is 2.33. The number of hydrogen-bond acceptors (Lipinski definition) is 5. The molecule has 29 heavy (non-hydrogen) atoms. The molecule has 2 saturated heterocycles. The maximum atomic E-state index is 13.4. The second kappa shape index (κ2) is 8.00. The third-order valence-corrected chi connectivity index (χ3v) is 5.70. The first kappa shape index (κ1) is 19.7. The van der Waals surface area contributed by atoms with E-state index < -0.39 is 5.54 Å². The summed E-state index contributed by atoms with van der Waals surface area (Å²) in [6.07, 6.45) is 0. The van der Waals surface area contributed by atoms with Crippen LogP contribution < -0.4 is 19.9 Å². The predicted octanol–water partition coefficient (Wildman–Crippen LogP) is 3.06. The molecule has 2 aromatic rings. The van der Waals surface area contributed by atoms with Crippen LogP contribution >= 0.6 is 12.2 Å². The highest BCUT2D eigenvalue weighted by atomic mass is 32.1. The Kier molecular flexibility index (Phi) is 5.43. The van der Waals surface area contributed by atoms with Crippen molar-refractivity contribution < 1.29 is 14.3 Å². The number of thiocarbonyl (C=S) groups is 1. The van der Waals surface area contributed by atoms with Crippen molar-refractivity contribution in [2.75, 3.05) is 42.7 Å². The minimum Gasteiger partial charge on any atom is -0.494 e. The molecule has 2 fully saturated rings. The molecule has 1 unspecified atom stereocenters. The largest absolute Gasteiger partial charge is 0.494 e. The van der Waals surface area contributed by atoms with Crippen molar-refractivity contribution in [3.05, 3.63) is 54.1 Å². The van der Waals surface area contributed by atoms with Gasteiger partial charge in [-0.1, -0.05) is 12.1 Å². The number of benzene rings is 2. The molecular formula is C22H25N3O3S. The first-order chi connectivity index (χ1) is 14.0. The molecule has 2 heterocycles. The number of hydrogen-bond donors (Lipinski definition) is 1. The Bertz CT molecular complexity index is 895. The van der Waals surface area contributed by atoms with E-state index in [9.17, 15) is 4.79 Å². The second-order valence-corrected chi connectivity index (χ2v) is 7.66. The van der Waals surface area contributed by atoms with Crippen molar-refractivity contribution in [2.45, 2.75) is 19.4 Å². The zero-order chi connectivity index (χ0) is 20.4. The van der Waals surface area contributed by atoms with E-state index in [4.69, 9.17) is 21.7 Å². The van der Waals surface area contributed by atoms with E-state index in [0.29, 0.717) is 11.7 Å². The fourth-order valence-corrected chi connectivity index (χ4v) is 4.15. The van der Waals surface area contributed by atoms with E-state index in [1.54, 1.807) is 4.90 Å². The molecule has 1 atom stereocenters. The Balaban J connectivity index is 1.56. The zero-order valence-electron chi connectivity index (χ0n) is 16.7. The van der Waals surface area contributed by atoms with E-state index in [2.05, 4.69) is 22.3 Å². The molecule has 1 N–H and O–H groups in total. The van der Waals surface area contributed by atoms with Gasteiger partial charge in [0.05, 0.1) is 25.5 Å². The van der Waals surface area contributed by atoms with Crippen LogP contribution in [-0.2, 0) is 15.1 Å². The summed E-state index contributed by atoms with van der Waals surface area (Å²) < 4.78 is 10.9. The maximum Gasteiger partial charge on any atom is 0.263 e. The van der Waals surface area contributed by atoms with Gasteiger partial charge < -0.3 is 19.7 Å². The van der Waals surface area contributed by atoms with Gasteiger partial charge in [-0.15, -0.1) is 0 Å². The number of ether oxygens (including phenoxy) is 2. The van der Waals surface area contributed by atoms with Gasteiger partial charge in [0.1, 0.15) is 11.3 Å². The van der Waals surface area contributed by atoms with E-state index in [1.165, 1.54) is 0 Å². The van der Waals surface area contributed by atoms with Gasteiger partial charge >= 0.3 is 0 Å². The average molecular weight is 412 g/mol. The minimum absolute atomic E-state index is 0.0919. The molecule has 1 amide bonds. The number of anilines is 2. The molecule has 0 aromatic heterocycles. The first-order valence-corrected chi connectivity index (χ1v) is 10.3. The van der Waals surface area contributed by atoms with E-state index >= 15 is 0 Å². The monoisotopic (exact) mass is 411 g/mol. The molecule has 152 valence electrons. The average Bonchev–Trinajstić information content (AvgIpc) is 2.99. The molecule has 0 saturated carbocycles. The van der Waals surface area contributed by atoms with Crippen LogP contribution in [0.25, 0.3) is 0 Å². The fraction of sp³-hybridized carbons (Fsp3) is 0.364. The lowest BCUT2D eigenvalue weighted by molar-refractivity contribution is -0.121. The van der Waals surface area contributed by atoms with Gasteiger partial charge in [0.15, 0.2) is 5.11 Å². The third kappa shape index (κ3) is 3.68. The van der Waals surface area contributed by atoms with Crippen molar-refractivity contribution >= 4 is 34.6 Å². The number of nitrogens with one attached hydrogen (secondary N) is 1. The lowest BCUT2D eigenvalue weighted by atomic mass is 9.91. The lowest BCUT2D eigenvalue weighted by Crippen LogP contribution is -2.41. The van der Waals surface area contributed by atoms with Crippen molar-refractivity contribution in [1.29, 1.82) is 0 Å². The van der Waals surface area contributed by atoms with Gasteiger partial charge in [0, 0.05) is 18.8 Å². The van der Waals surface area contributed by atoms with Gasteiger partial charge in [-0.25, -0.2) is 0 Å². The summed E-state index contributed by atoms with van der Waals surface area (Å²) in [7, 11) is 0. The molecule has 6 nitrogen and oxygen atoms in total. The number of nitrogens with zero attached hydrogens (tertiary/aromatic N) is 2. The van der Waals surface area contributed by atoms with Gasteiger partial charge in [-0.05, 0) is 68.0 Å². The molecule has 7 heteroatoms. The van der Waals surface area contributed by atoms with Gasteiger partial charge in [0.2, 0.25) is 0 Å².